The van der Waals surface area contributed by atoms with Crippen molar-refractivity contribution in [2.45, 2.75) is 64.4 Å². The van der Waals surface area contributed by atoms with Crippen LogP contribution in [0.1, 0.15) is 56.8 Å². The highest BCUT2D eigenvalue weighted by molar-refractivity contribution is 6.31. The molecule has 0 unspecified atom stereocenters. The van der Waals surface area contributed by atoms with E-state index in [-0.39, 0.29) is 0 Å². The second kappa shape index (κ2) is 5.84. The first-order valence-electron chi connectivity index (χ1n) is 7.35. The molecule has 2 rings (SSSR count). The van der Waals surface area contributed by atoms with Crippen molar-refractivity contribution in [2.24, 2.45) is 13.0 Å². The molecule has 0 spiro atoms. The topological polar surface area (TPSA) is 38.1 Å². The van der Waals surface area contributed by atoms with Crippen molar-refractivity contribution >= 4 is 11.6 Å². The van der Waals surface area contributed by atoms with Gasteiger partial charge in [0.15, 0.2) is 0 Å². The standard InChI is InChI=1S/C15H25ClN2O/c1-4-5-12-6-8-15(19,9-7-12)10-13-14(16)11(2)17-18(13)3/h12,19H,4-10H2,1-3H3. The van der Waals surface area contributed by atoms with Crippen LogP contribution in [0.15, 0.2) is 0 Å². The first-order valence-corrected chi connectivity index (χ1v) is 7.73. The minimum Gasteiger partial charge on any atom is -0.389 e. The molecule has 0 bridgehead atoms. The monoisotopic (exact) mass is 284 g/mol. The number of aromatic nitrogens is 2. The Morgan fingerprint density at radius 1 is 1.42 bits per heavy atom. The summed E-state index contributed by atoms with van der Waals surface area (Å²) in [5.74, 6) is 0.800. The number of nitrogens with zero attached hydrogens (tertiary/aromatic N) is 2. The number of rotatable bonds is 4. The normalized spacial score (nSPS) is 27.7. The maximum atomic E-state index is 10.8. The average molecular weight is 285 g/mol. The molecule has 3 nitrogen and oxygen atoms in total. The van der Waals surface area contributed by atoms with Gasteiger partial charge >= 0.3 is 0 Å². The van der Waals surface area contributed by atoms with E-state index in [2.05, 4.69) is 12.0 Å². The van der Waals surface area contributed by atoms with E-state index in [0.717, 1.165) is 43.0 Å². The predicted octanol–water partition coefficient (Wildman–Crippen LogP) is 3.65. The summed E-state index contributed by atoms with van der Waals surface area (Å²) in [6, 6.07) is 0. The second-order valence-corrected chi connectivity index (χ2v) is 6.48. The summed E-state index contributed by atoms with van der Waals surface area (Å²) < 4.78 is 1.81. The maximum Gasteiger partial charge on any atom is 0.0848 e. The van der Waals surface area contributed by atoms with Crippen molar-refractivity contribution in [1.29, 1.82) is 0 Å². The van der Waals surface area contributed by atoms with Gasteiger partial charge in [0.1, 0.15) is 0 Å². The van der Waals surface area contributed by atoms with Gasteiger partial charge in [-0.1, -0.05) is 31.4 Å². The van der Waals surface area contributed by atoms with Crippen molar-refractivity contribution in [1.82, 2.24) is 9.78 Å². The van der Waals surface area contributed by atoms with Crippen LogP contribution in [-0.4, -0.2) is 20.5 Å². The predicted molar refractivity (Wildman–Crippen MR) is 78.5 cm³/mol. The number of aryl methyl sites for hydroxylation is 2. The Morgan fingerprint density at radius 3 is 2.53 bits per heavy atom. The molecule has 0 saturated heterocycles. The van der Waals surface area contributed by atoms with Crippen LogP contribution >= 0.6 is 11.6 Å². The summed E-state index contributed by atoms with van der Waals surface area (Å²) in [5, 5.41) is 15.8. The van der Waals surface area contributed by atoms with Gasteiger partial charge in [0.05, 0.1) is 22.0 Å². The number of hydrogen-bond acceptors (Lipinski definition) is 2. The zero-order chi connectivity index (χ0) is 14.0. The first-order chi connectivity index (χ1) is 8.95. The summed E-state index contributed by atoms with van der Waals surface area (Å²) >= 11 is 6.28. The van der Waals surface area contributed by atoms with Gasteiger partial charge < -0.3 is 5.11 Å². The van der Waals surface area contributed by atoms with Gasteiger partial charge in [-0.2, -0.15) is 5.10 Å². The van der Waals surface area contributed by atoms with Gasteiger partial charge in [0.25, 0.3) is 0 Å². The third-order valence-electron chi connectivity index (χ3n) is 4.49. The largest absolute Gasteiger partial charge is 0.389 e. The fourth-order valence-corrected chi connectivity index (χ4v) is 3.50. The molecule has 19 heavy (non-hydrogen) atoms. The third-order valence-corrected chi connectivity index (χ3v) is 4.98. The molecule has 1 aromatic rings. The van der Waals surface area contributed by atoms with E-state index < -0.39 is 5.60 Å². The van der Waals surface area contributed by atoms with Gasteiger partial charge in [-0.05, 0) is 38.5 Å². The molecule has 108 valence electrons. The van der Waals surface area contributed by atoms with Gasteiger partial charge in [0, 0.05) is 13.5 Å². The Kier molecular flexibility index (Phi) is 4.57. The molecule has 0 aromatic carbocycles. The molecular weight excluding hydrogens is 260 g/mol. The van der Waals surface area contributed by atoms with Crippen molar-refractivity contribution in [3.8, 4) is 0 Å². The Bertz CT molecular complexity index is 434. The molecule has 0 atom stereocenters. The number of hydrogen-bond donors (Lipinski definition) is 1. The van der Waals surface area contributed by atoms with Crippen LogP contribution in [0, 0.1) is 12.8 Å². The second-order valence-electron chi connectivity index (χ2n) is 6.10. The van der Waals surface area contributed by atoms with E-state index in [1.54, 1.807) is 0 Å². The van der Waals surface area contributed by atoms with E-state index in [1.807, 2.05) is 18.7 Å². The fourth-order valence-electron chi connectivity index (χ4n) is 3.27. The Balaban J connectivity index is 2.03. The molecule has 1 aromatic heterocycles. The fraction of sp³-hybridized carbons (Fsp3) is 0.800. The molecule has 1 aliphatic rings. The van der Waals surface area contributed by atoms with Crippen molar-refractivity contribution in [3.05, 3.63) is 16.4 Å². The molecule has 0 amide bonds. The van der Waals surface area contributed by atoms with E-state index in [4.69, 9.17) is 11.6 Å². The molecule has 1 aliphatic carbocycles. The molecule has 1 heterocycles. The average Bonchev–Trinajstić information content (AvgIpc) is 2.60. The van der Waals surface area contributed by atoms with E-state index >= 15 is 0 Å². The highest BCUT2D eigenvalue weighted by Crippen LogP contribution is 2.37. The summed E-state index contributed by atoms with van der Waals surface area (Å²) in [4.78, 5) is 0. The lowest BCUT2D eigenvalue weighted by atomic mass is 9.75. The van der Waals surface area contributed by atoms with Gasteiger partial charge in [-0.25, -0.2) is 0 Å². The lowest BCUT2D eigenvalue weighted by molar-refractivity contribution is -0.0113. The zero-order valence-corrected chi connectivity index (χ0v) is 13.0. The summed E-state index contributed by atoms with van der Waals surface area (Å²) in [6.07, 6.45) is 7.22. The molecule has 0 aliphatic heterocycles. The maximum absolute atomic E-state index is 10.8. The van der Waals surface area contributed by atoms with Crippen molar-refractivity contribution in [2.75, 3.05) is 0 Å². The molecule has 1 saturated carbocycles. The zero-order valence-electron chi connectivity index (χ0n) is 12.2. The lowest BCUT2D eigenvalue weighted by Crippen LogP contribution is -2.37. The molecule has 1 N–H and O–H groups in total. The smallest absolute Gasteiger partial charge is 0.0848 e. The van der Waals surface area contributed by atoms with Crippen molar-refractivity contribution < 1.29 is 5.11 Å². The van der Waals surface area contributed by atoms with Gasteiger partial charge in [0.2, 0.25) is 0 Å². The molecular formula is C15H25ClN2O. The van der Waals surface area contributed by atoms with Crippen LogP contribution in [0.25, 0.3) is 0 Å². The van der Waals surface area contributed by atoms with Crippen molar-refractivity contribution in [3.63, 3.8) is 0 Å². The molecule has 1 fully saturated rings. The van der Waals surface area contributed by atoms with E-state index in [1.165, 1.54) is 12.8 Å². The van der Waals surface area contributed by atoms with Gasteiger partial charge in [-0.15, -0.1) is 0 Å². The summed E-state index contributed by atoms with van der Waals surface area (Å²) in [7, 11) is 1.90. The van der Waals surface area contributed by atoms with Crippen LogP contribution < -0.4 is 0 Å². The van der Waals surface area contributed by atoms with Crippen LogP contribution in [0.4, 0.5) is 0 Å². The van der Waals surface area contributed by atoms with Gasteiger partial charge in [-0.3, -0.25) is 4.68 Å². The number of halogens is 1. The van der Waals surface area contributed by atoms with E-state index in [9.17, 15) is 5.11 Å². The lowest BCUT2D eigenvalue weighted by Gasteiger charge is -2.36. The van der Waals surface area contributed by atoms with E-state index in [0.29, 0.717) is 11.4 Å². The molecule has 0 radical (unpaired) electrons. The Morgan fingerprint density at radius 2 is 2.05 bits per heavy atom. The Hall–Kier alpha value is -0.540. The highest BCUT2D eigenvalue weighted by Gasteiger charge is 2.34. The third kappa shape index (κ3) is 3.32. The quantitative estimate of drug-likeness (QED) is 0.916. The minimum atomic E-state index is -0.589. The molecule has 4 heteroatoms. The SMILES string of the molecule is CCCC1CCC(O)(Cc2c(Cl)c(C)nn2C)CC1. The summed E-state index contributed by atoms with van der Waals surface area (Å²) in [6.45, 7) is 4.15. The summed E-state index contributed by atoms with van der Waals surface area (Å²) in [5.41, 5.74) is 1.23. The Labute approximate surface area is 121 Å². The highest BCUT2D eigenvalue weighted by atomic mass is 35.5. The van der Waals surface area contributed by atoms with Crippen LogP contribution in [-0.2, 0) is 13.5 Å². The minimum absolute atomic E-state index is 0.589. The van der Waals surface area contributed by atoms with Crippen LogP contribution in [0.5, 0.6) is 0 Å². The first kappa shape index (κ1) is 14.9. The van der Waals surface area contributed by atoms with Crippen LogP contribution in [0.2, 0.25) is 5.02 Å². The number of aliphatic hydroxyl groups is 1. The van der Waals surface area contributed by atoms with Crippen LogP contribution in [0.3, 0.4) is 0 Å².